The summed E-state index contributed by atoms with van der Waals surface area (Å²) in [5.41, 5.74) is 1.65. The Labute approximate surface area is 260 Å². The van der Waals surface area contributed by atoms with Gasteiger partial charge in [0.05, 0.1) is 0 Å². The fraction of sp³-hybridized carbons (Fsp3) is 0.438. The molecule has 4 aromatic carbocycles. The van der Waals surface area contributed by atoms with E-state index in [1.165, 1.54) is 59.6 Å². The smallest absolute Gasteiger partial charge is 1.00 e. The Hall–Kier alpha value is -0.0169. The number of halogens is 2. The van der Waals surface area contributed by atoms with Gasteiger partial charge in [-0.15, -0.1) is 80.7 Å². The molecule has 0 aromatic heterocycles. The third kappa shape index (κ3) is 10.2. The third-order valence-corrected chi connectivity index (χ3v) is 13.4. The Morgan fingerprint density at radius 3 is 1.46 bits per heavy atom. The van der Waals surface area contributed by atoms with Crippen LogP contribution in [0.3, 0.4) is 0 Å². The zero-order valence-corrected chi connectivity index (χ0v) is 29.2. The normalized spacial score (nSPS) is 13.1. The summed E-state index contributed by atoms with van der Waals surface area (Å²) in [7, 11) is 0.0720. The van der Waals surface area contributed by atoms with Crippen LogP contribution in [0.5, 0.6) is 0 Å². The van der Waals surface area contributed by atoms with Crippen molar-refractivity contribution in [3.05, 3.63) is 72.8 Å². The van der Waals surface area contributed by atoms with Crippen LogP contribution in [0, 0.1) is 0 Å². The third-order valence-electron chi connectivity index (χ3n) is 6.99. The summed E-state index contributed by atoms with van der Waals surface area (Å²) < 4.78 is 0. The number of rotatable bonds is 10. The quantitative estimate of drug-likeness (QED) is 0.181. The molecule has 0 heterocycles. The molecule has 4 rings (SSSR count). The SMILES string of the molecule is CCC(C)P(c1cc2ccccc2[cH-]1)C(C)CC.CCCP(CCC)c1cc2ccccc2[cH-]1.[Cl-].[Cl-].[Zr+4]. The van der Waals surface area contributed by atoms with Crippen molar-refractivity contribution in [2.24, 2.45) is 0 Å². The molecule has 200 valence electrons. The molecule has 0 bridgehead atoms. The Bertz CT molecular complexity index is 1050. The summed E-state index contributed by atoms with van der Waals surface area (Å²) in [6, 6.07) is 27.1. The summed E-state index contributed by atoms with van der Waals surface area (Å²) in [4.78, 5) is 0. The molecule has 2 atom stereocenters. The van der Waals surface area contributed by atoms with E-state index < -0.39 is 0 Å². The minimum atomic E-state index is -0.0252. The Balaban J connectivity index is 0.000000651. The average molecular weight is 653 g/mol. The van der Waals surface area contributed by atoms with Gasteiger partial charge in [-0.1, -0.05) is 82.4 Å². The van der Waals surface area contributed by atoms with E-state index in [1.54, 1.807) is 10.6 Å². The van der Waals surface area contributed by atoms with E-state index >= 15 is 0 Å². The number of fused-ring (bicyclic) bond motifs is 2. The van der Waals surface area contributed by atoms with Gasteiger partial charge in [0, 0.05) is 0 Å². The van der Waals surface area contributed by atoms with Gasteiger partial charge < -0.3 is 24.8 Å². The molecular formula is C32H44Cl2P2Zr. The first kappa shape index (κ1) is 37.0. The molecule has 0 saturated carbocycles. The second kappa shape index (κ2) is 19.1. The van der Waals surface area contributed by atoms with Crippen molar-refractivity contribution in [1.82, 2.24) is 0 Å². The fourth-order valence-electron chi connectivity index (χ4n) is 4.85. The molecule has 0 aliphatic heterocycles. The zero-order chi connectivity index (χ0) is 24.5. The van der Waals surface area contributed by atoms with Crippen molar-refractivity contribution >= 4 is 48.0 Å². The Kier molecular flexibility index (Phi) is 19.1. The molecule has 0 nitrogen and oxygen atoms in total. The van der Waals surface area contributed by atoms with Crippen LogP contribution in [0.2, 0.25) is 0 Å². The predicted molar refractivity (Wildman–Crippen MR) is 162 cm³/mol. The van der Waals surface area contributed by atoms with E-state index in [9.17, 15) is 0 Å². The van der Waals surface area contributed by atoms with Gasteiger partial charge in [-0.2, -0.15) is 12.1 Å². The minimum Gasteiger partial charge on any atom is -1.00 e. The maximum atomic E-state index is 2.43. The number of hydrogen-bond donors (Lipinski definition) is 0. The second-order valence-electron chi connectivity index (χ2n) is 9.59. The molecule has 0 saturated heterocycles. The van der Waals surface area contributed by atoms with Crippen molar-refractivity contribution in [3.63, 3.8) is 0 Å². The number of hydrogen-bond acceptors (Lipinski definition) is 0. The van der Waals surface area contributed by atoms with Crippen LogP contribution in [0.4, 0.5) is 0 Å². The van der Waals surface area contributed by atoms with E-state index in [2.05, 4.69) is 114 Å². The summed E-state index contributed by atoms with van der Waals surface area (Å²) in [6.07, 6.45) is 7.98. The first-order valence-electron chi connectivity index (χ1n) is 13.4. The van der Waals surface area contributed by atoms with E-state index in [0.29, 0.717) is 0 Å². The van der Waals surface area contributed by atoms with E-state index in [4.69, 9.17) is 0 Å². The van der Waals surface area contributed by atoms with Gasteiger partial charge in [-0.05, 0) is 36.5 Å². The zero-order valence-electron chi connectivity index (χ0n) is 23.5. The van der Waals surface area contributed by atoms with Crippen LogP contribution >= 0.6 is 15.8 Å². The van der Waals surface area contributed by atoms with Gasteiger partial charge in [-0.3, -0.25) is 0 Å². The standard InChI is InChI=1S/C17H24P.C15H20P.2ClH.Zr/c1-5-13(3)18(14(4)6-2)17-11-15-9-7-8-10-16(15)12-17;1-3-9-16(10-4-2)15-11-13-7-5-6-8-14(13)12-15;;;/h7-14H,5-6H2,1-4H3;5-8,11-12H,3-4,9-10H2,1-2H3;2*1H;/q2*-1;;;+4/p-2. The molecule has 0 amide bonds. The van der Waals surface area contributed by atoms with Gasteiger partial charge in [0.25, 0.3) is 0 Å². The minimum absolute atomic E-state index is 0. The van der Waals surface area contributed by atoms with Gasteiger partial charge in [-0.25, -0.2) is 0 Å². The van der Waals surface area contributed by atoms with Crippen LogP contribution in [0.25, 0.3) is 21.5 Å². The van der Waals surface area contributed by atoms with Crippen molar-refractivity contribution in [1.29, 1.82) is 0 Å². The van der Waals surface area contributed by atoms with E-state index in [-0.39, 0.29) is 66.9 Å². The molecule has 37 heavy (non-hydrogen) atoms. The van der Waals surface area contributed by atoms with Crippen molar-refractivity contribution in [3.8, 4) is 0 Å². The maximum Gasteiger partial charge on any atom is 4.00 e. The van der Waals surface area contributed by atoms with Crippen LogP contribution < -0.4 is 35.4 Å². The summed E-state index contributed by atoms with van der Waals surface area (Å²) in [5, 5.41) is 8.86. The Morgan fingerprint density at radius 1 is 0.649 bits per heavy atom. The van der Waals surface area contributed by atoms with Crippen LogP contribution in [0.15, 0.2) is 72.8 Å². The van der Waals surface area contributed by atoms with Gasteiger partial charge in [0.2, 0.25) is 0 Å². The summed E-state index contributed by atoms with van der Waals surface area (Å²) in [6.45, 7) is 14.1. The summed E-state index contributed by atoms with van der Waals surface area (Å²) >= 11 is 0. The topological polar surface area (TPSA) is 0 Å². The summed E-state index contributed by atoms with van der Waals surface area (Å²) in [5.74, 6) is 0. The molecule has 0 radical (unpaired) electrons. The van der Waals surface area contributed by atoms with Gasteiger partial charge >= 0.3 is 26.2 Å². The van der Waals surface area contributed by atoms with Gasteiger partial charge in [0.15, 0.2) is 0 Å². The van der Waals surface area contributed by atoms with Gasteiger partial charge in [0.1, 0.15) is 0 Å². The average Bonchev–Trinajstić information content (AvgIpc) is 3.48. The Morgan fingerprint density at radius 2 is 1.05 bits per heavy atom. The predicted octanol–water partition coefficient (Wildman–Crippen LogP) is 3.75. The molecule has 2 unspecified atom stereocenters. The molecule has 0 fully saturated rings. The second-order valence-corrected chi connectivity index (χ2v) is 15.2. The molecule has 4 aromatic rings. The van der Waals surface area contributed by atoms with Crippen molar-refractivity contribution in [2.45, 2.75) is 78.5 Å². The molecule has 0 aliphatic rings. The molecule has 0 spiro atoms. The molecule has 5 heteroatoms. The molecule has 0 aliphatic carbocycles. The van der Waals surface area contributed by atoms with Crippen LogP contribution in [-0.4, -0.2) is 23.6 Å². The van der Waals surface area contributed by atoms with Crippen molar-refractivity contribution in [2.75, 3.05) is 12.3 Å². The maximum absolute atomic E-state index is 2.43. The van der Waals surface area contributed by atoms with Crippen LogP contribution in [-0.2, 0) is 26.2 Å². The largest absolute Gasteiger partial charge is 4.00 e. The molecular weight excluding hydrogens is 608 g/mol. The molecule has 0 N–H and O–H groups in total. The monoisotopic (exact) mass is 650 g/mol. The van der Waals surface area contributed by atoms with E-state index in [0.717, 1.165) is 11.3 Å². The fourth-order valence-corrected chi connectivity index (χ4v) is 10.6. The van der Waals surface area contributed by atoms with Crippen LogP contribution in [0.1, 0.15) is 67.2 Å². The number of benzene rings is 2. The van der Waals surface area contributed by atoms with E-state index in [1.807, 2.05) is 0 Å². The van der Waals surface area contributed by atoms with Crippen molar-refractivity contribution < 1.29 is 51.0 Å². The first-order valence-corrected chi connectivity index (χ1v) is 16.6. The first-order chi connectivity index (χ1) is 16.5.